The van der Waals surface area contributed by atoms with Gasteiger partial charge in [-0.25, -0.2) is 0 Å². The summed E-state index contributed by atoms with van der Waals surface area (Å²) >= 11 is 12.4. The Labute approximate surface area is 153 Å². The van der Waals surface area contributed by atoms with Gasteiger partial charge in [-0.1, -0.05) is 29.3 Å². The zero-order chi connectivity index (χ0) is 18.6. The Kier molecular flexibility index (Phi) is 6.47. The molecule has 0 aliphatic rings. The van der Waals surface area contributed by atoms with Crippen LogP contribution in [0, 0.1) is 0 Å². The average molecular weight is 387 g/mol. The second-order valence-corrected chi connectivity index (χ2v) is 5.96. The second-order valence-electron chi connectivity index (χ2n) is 5.14. The molecular weight excluding hydrogens is 371 g/mol. The Morgan fingerprint density at radius 2 is 1.96 bits per heavy atom. The normalized spacial score (nSPS) is 12.0. The van der Waals surface area contributed by atoms with Crippen LogP contribution >= 0.6 is 23.2 Å². The van der Waals surface area contributed by atoms with Gasteiger partial charge in [0.1, 0.15) is 12.4 Å². The van der Waals surface area contributed by atoms with Crippen LogP contribution < -0.4 is 5.43 Å². The van der Waals surface area contributed by atoms with Gasteiger partial charge in [0, 0.05) is 21.7 Å². The van der Waals surface area contributed by atoms with Crippen LogP contribution in [-0.2, 0) is 16.1 Å². The number of hydrogen-bond donors (Lipinski definition) is 2. The van der Waals surface area contributed by atoms with Crippen molar-refractivity contribution in [3.05, 3.63) is 61.6 Å². The first kappa shape index (κ1) is 19.3. The molecule has 1 heterocycles. The molecule has 2 aromatic rings. The average Bonchev–Trinajstić information content (AvgIpc) is 2.56. The van der Waals surface area contributed by atoms with Crippen LogP contribution in [0.25, 0.3) is 0 Å². The number of aromatic hydroxyl groups is 1. The fourth-order valence-electron chi connectivity index (χ4n) is 2.43. The number of aliphatic hydroxyl groups is 1. The Hall–Kier alpha value is -2.02. The molecule has 6 nitrogen and oxygen atoms in total. The third kappa shape index (κ3) is 4.34. The molecule has 1 unspecified atom stereocenters. The van der Waals surface area contributed by atoms with E-state index in [0.29, 0.717) is 5.56 Å². The second kappa shape index (κ2) is 8.38. The standard InChI is InChI=1S/C17H16Cl2O6/c1-2-24-14(22)7-10(15-11(18)4-3-5-12(15)19)17-16(23)13(21)6-9(8-20)25-17/h3-6,10,20,23H,2,7-8H2,1H3. The molecule has 0 saturated carbocycles. The Morgan fingerprint density at radius 1 is 1.32 bits per heavy atom. The molecule has 0 spiro atoms. The monoisotopic (exact) mass is 386 g/mol. The summed E-state index contributed by atoms with van der Waals surface area (Å²) in [5.41, 5.74) is -0.435. The van der Waals surface area contributed by atoms with E-state index in [4.69, 9.17) is 32.4 Å². The molecule has 0 saturated heterocycles. The molecule has 0 radical (unpaired) electrons. The third-order valence-electron chi connectivity index (χ3n) is 3.50. The first-order valence-electron chi connectivity index (χ1n) is 7.45. The van der Waals surface area contributed by atoms with Crippen LogP contribution in [-0.4, -0.2) is 22.8 Å². The van der Waals surface area contributed by atoms with Crippen molar-refractivity contribution in [2.45, 2.75) is 25.9 Å². The molecule has 1 atom stereocenters. The first-order valence-corrected chi connectivity index (χ1v) is 8.20. The lowest BCUT2D eigenvalue weighted by atomic mass is 9.92. The van der Waals surface area contributed by atoms with Crippen LogP contribution in [0.5, 0.6) is 5.75 Å². The van der Waals surface area contributed by atoms with E-state index >= 15 is 0 Å². The minimum absolute atomic E-state index is 0.0603. The largest absolute Gasteiger partial charge is 0.502 e. The minimum atomic E-state index is -0.959. The first-order chi connectivity index (χ1) is 11.9. The number of halogens is 2. The molecule has 0 aliphatic carbocycles. The van der Waals surface area contributed by atoms with Crippen LogP contribution in [0.15, 0.2) is 33.5 Å². The van der Waals surface area contributed by atoms with Gasteiger partial charge in [0.2, 0.25) is 11.2 Å². The number of rotatable bonds is 6. The van der Waals surface area contributed by atoms with Crippen molar-refractivity contribution in [1.82, 2.24) is 0 Å². The maximum absolute atomic E-state index is 12.0. The molecule has 0 aliphatic heterocycles. The number of ether oxygens (including phenoxy) is 1. The molecule has 8 heteroatoms. The number of carbonyl (C=O) groups excluding carboxylic acids is 1. The van der Waals surface area contributed by atoms with E-state index < -0.39 is 29.7 Å². The van der Waals surface area contributed by atoms with Gasteiger partial charge in [-0.05, 0) is 19.1 Å². The lowest BCUT2D eigenvalue weighted by Gasteiger charge is -2.19. The smallest absolute Gasteiger partial charge is 0.306 e. The third-order valence-corrected chi connectivity index (χ3v) is 4.16. The fraction of sp³-hybridized carbons (Fsp3) is 0.294. The lowest BCUT2D eigenvalue weighted by molar-refractivity contribution is -0.143. The van der Waals surface area contributed by atoms with Gasteiger partial charge in [0.15, 0.2) is 5.76 Å². The highest BCUT2D eigenvalue weighted by Gasteiger charge is 2.30. The van der Waals surface area contributed by atoms with Gasteiger partial charge >= 0.3 is 5.97 Å². The van der Waals surface area contributed by atoms with Crippen molar-refractivity contribution in [3.8, 4) is 5.75 Å². The van der Waals surface area contributed by atoms with Crippen LogP contribution in [0.3, 0.4) is 0 Å². The summed E-state index contributed by atoms with van der Waals surface area (Å²) in [6, 6.07) is 5.71. The highest BCUT2D eigenvalue weighted by Crippen LogP contribution is 2.40. The predicted octanol–water partition coefficient (Wildman–Crippen LogP) is 3.23. The van der Waals surface area contributed by atoms with Gasteiger partial charge in [-0.15, -0.1) is 0 Å². The predicted molar refractivity (Wildman–Crippen MR) is 92.1 cm³/mol. The number of benzene rings is 1. The molecule has 2 N–H and O–H groups in total. The zero-order valence-electron chi connectivity index (χ0n) is 13.3. The SMILES string of the molecule is CCOC(=O)CC(c1oc(CO)cc(=O)c1O)c1c(Cl)cccc1Cl. The summed E-state index contributed by atoms with van der Waals surface area (Å²) in [6.07, 6.45) is -0.261. The molecule has 0 bridgehead atoms. The van der Waals surface area contributed by atoms with E-state index in [-0.39, 0.29) is 34.6 Å². The maximum atomic E-state index is 12.0. The molecule has 1 aromatic carbocycles. The van der Waals surface area contributed by atoms with E-state index in [0.717, 1.165) is 6.07 Å². The van der Waals surface area contributed by atoms with Gasteiger partial charge in [0.05, 0.1) is 18.9 Å². The van der Waals surface area contributed by atoms with Crippen molar-refractivity contribution in [3.63, 3.8) is 0 Å². The molecular formula is C17H16Cl2O6. The topological polar surface area (TPSA) is 97.0 Å². The summed E-state index contributed by atoms with van der Waals surface area (Å²) in [7, 11) is 0. The number of esters is 1. The fourth-order valence-corrected chi connectivity index (χ4v) is 3.09. The summed E-state index contributed by atoms with van der Waals surface area (Å²) in [5, 5.41) is 19.9. The van der Waals surface area contributed by atoms with E-state index in [9.17, 15) is 19.8 Å². The zero-order valence-corrected chi connectivity index (χ0v) is 14.8. The van der Waals surface area contributed by atoms with Crippen molar-refractivity contribution < 1.29 is 24.2 Å². The van der Waals surface area contributed by atoms with E-state index in [1.165, 1.54) is 0 Å². The van der Waals surface area contributed by atoms with Crippen molar-refractivity contribution in [2.24, 2.45) is 0 Å². The maximum Gasteiger partial charge on any atom is 0.306 e. The number of carbonyl (C=O) groups is 1. The highest BCUT2D eigenvalue weighted by atomic mass is 35.5. The van der Waals surface area contributed by atoms with Crippen molar-refractivity contribution >= 4 is 29.2 Å². The van der Waals surface area contributed by atoms with Gasteiger partial charge in [0.25, 0.3) is 0 Å². The van der Waals surface area contributed by atoms with Gasteiger partial charge < -0.3 is 19.4 Å². The Bertz CT molecular complexity index is 810. The minimum Gasteiger partial charge on any atom is -0.502 e. The summed E-state index contributed by atoms with van der Waals surface area (Å²) in [6.45, 7) is 1.26. The van der Waals surface area contributed by atoms with Crippen LogP contribution in [0.1, 0.15) is 36.3 Å². The molecule has 0 fully saturated rings. The molecule has 0 amide bonds. The Morgan fingerprint density at radius 3 is 2.52 bits per heavy atom. The highest BCUT2D eigenvalue weighted by molar-refractivity contribution is 6.36. The van der Waals surface area contributed by atoms with E-state index in [1.807, 2.05) is 0 Å². The molecule has 2 rings (SSSR count). The summed E-state index contributed by atoms with van der Waals surface area (Å²) in [4.78, 5) is 23.9. The molecule has 134 valence electrons. The van der Waals surface area contributed by atoms with E-state index in [2.05, 4.69) is 0 Å². The number of hydrogen-bond acceptors (Lipinski definition) is 6. The summed E-state index contributed by atoms with van der Waals surface area (Å²) in [5.74, 6) is -2.49. The van der Waals surface area contributed by atoms with Crippen molar-refractivity contribution in [2.75, 3.05) is 6.61 Å². The number of aliphatic hydroxyl groups excluding tert-OH is 1. The van der Waals surface area contributed by atoms with Crippen LogP contribution in [0.4, 0.5) is 0 Å². The summed E-state index contributed by atoms with van der Waals surface area (Å²) < 4.78 is 10.4. The molecule has 1 aromatic heterocycles. The quantitative estimate of drug-likeness (QED) is 0.739. The van der Waals surface area contributed by atoms with Gasteiger partial charge in [-0.2, -0.15) is 0 Å². The Balaban J connectivity index is 2.66. The van der Waals surface area contributed by atoms with Crippen molar-refractivity contribution in [1.29, 1.82) is 0 Å². The van der Waals surface area contributed by atoms with Gasteiger partial charge in [-0.3, -0.25) is 9.59 Å². The molecule has 25 heavy (non-hydrogen) atoms. The lowest BCUT2D eigenvalue weighted by Crippen LogP contribution is -2.15. The van der Waals surface area contributed by atoms with E-state index in [1.54, 1.807) is 25.1 Å². The van der Waals surface area contributed by atoms with Crippen LogP contribution in [0.2, 0.25) is 10.0 Å².